The number of carbonyl (C=O) groups excluding carboxylic acids is 2. The molecule has 1 aliphatic heterocycles. The minimum atomic E-state index is -0.445. The molecule has 0 bridgehead atoms. The molecule has 0 aliphatic carbocycles. The standard InChI is InChI=1S/C20H21FN2O2/c21-17-10-4-5-11-18(17)23-14-16(13-19(23)24)20(25)22-12-6-9-15-7-2-1-3-8-15/h1-5,7-8,10-11,16H,6,9,12-14H2,(H,22,25)/t16-/m0/s1. The Morgan fingerprint density at radius 2 is 1.84 bits per heavy atom. The van der Waals surface area contributed by atoms with E-state index in [2.05, 4.69) is 17.4 Å². The molecule has 0 aromatic heterocycles. The first-order valence-electron chi connectivity index (χ1n) is 8.51. The monoisotopic (exact) mass is 340 g/mol. The molecule has 1 N–H and O–H groups in total. The number of nitrogens with zero attached hydrogens (tertiary/aromatic N) is 1. The number of carbonyl (C=O) groups is 2. The summed E-state index contributed by atoms with van der Waals surface area (Å²) in [5.74, 6) is -1.22. The minimum Gasteiger partial charge on any atom is -0.356 e. The molecule has 130 valence electrons. The number of hydrogen-bond acceptors (Lipinski definition) is 2. The second-order valence-electron chi connectivity index (χ2n) is 6.24. The smallest absolute Gasteiger partial charge is 0.227 e. The van der Waals surface area contributed by atoms with E-state index in [1.165, 1.54) is 16.5 Å². The fraction of sp³-hybridized carbons (Fsp3) is 0.300. The molecule has 1 fully saturated rings. The molecule has 25 heavy (non-hydrogen) atoms. The van der Waals surface area contributed by atoms with Gasteiger partial charge in [-0.15, -0.1) is 0 Å². The van der Waals surface area contributed by atoms with E-state index in [-0.39, 0.29) is 30.5 Å². The highest BCUT2D eigenvalue weighted by Gasteiger charge is 2.35. The fourth-order valence-corrected chi connectivity index (χ4v) is 3.08. The Labute approximate surface area is 146 Å². The molecule has 4 nitrogen and oxygen atoms in total. The van der Waals surface area contributed by atoms with Crippen molar-refractivity contribution in [3.8, 4) is 0 Å². The first-order valence-corrected chi connectivity index (χ1v) is 8.51. The molecular weight excluding hydrogens is 319 g/mol. The van der Waals surface area contributed by atoms with Crippen molar-refractivity contribution >= 4 is 17.5 Å². The van der Waals surface area contributed by atoms with Gasteiger partial charge in [0, 0.05) is 19.5 Å². The van der Waals surface area contributed by atoms with Gasteiger partial charge in [-0.05, 0) is 30.5 Å². The number of anilines is 1. The molecule has 0 spiro atoms. The Kier molecular flexibility index (Phi) is 5.43. The summed E-state index contributed by atoms with van der Waals surface area (Å²) in [5.41, 5.74) is 1.48. The lowest BCUT2D eigenvalue weighted by Gasteiger charge is -2.17. The minimum absolute atomic E-state index is 0.124. The number of aryl methyl sites for hydroxylation is 1. The lowest BCUT2D eigenvalue weighted by molar-refractivity contribution is -0.126. The summed E-state index contributed by atoms with van der Waals surface area (Å²) < 4.78 is 13.9. The van der Waals surface area contributed by atoms with Gasteiger partial charge in [0.1, 0.15) is 5.82 Å². The topological polar surface area (TPSA) is 49.4 Å². The van der Waals surface area contributed by atoms with Crippen LogP contribution in [0, 0.1) is 11.7 Å². The van der Waals surface area contributed by atoms with E-state index in [9.17, 15) is 14.0 Å². The van der Waals surface area contributed by atoms with E-state index in [0.29, 0.717) is 6.54 Å². The molecule has 0 saturated carbocycles. The van der Waals surface area contributed by atoms with Gasteiger partial charge in [0.2, 0.25) is 11.8 Å². The van der Waals surface area contributed by atoms with E-state index >= 15 is 0 Å². The van der Waals surface area contributed by atoms with Crippen LogP contribution in [-0.4, -0.2) is 24.9 Å². The highest BCUT2D eigenvalue weighted by atomic mass is 19.1. The van der Waals surface area contributed by atoms with E-state index in [0.717, 1.165) is 12.8 Å². The largest absolute Gasteiger partial charge is 0.356 e. The molecule has 1 heterocycles. The van der Waals surface area contributed by atoms with E-state index in [1.54, 1.807) is 18.2 Å². The van der Waals surface area contributed by atoms with Gasteiger partial charge in [0.05, 0.1) is 11.6 Å². The maximum absolute atomic E-state index is 13.9. The third-order valence-electron chi connectivity index (χ3n) is 4.42. The van der Waals surface area contributed by atoms with E-state index in [4.69, 9.17) is 0 Å². The highest BCUT2D eigenvalue weighted by molar-refractivity contribution is 6.00. The number of rotatable bonds is 6. The molecule has 3 rings (SSSR count). The lowest BCUT2D eigenvalue weighted by atomic mass is 10.1. The molecular formula is C20H21FN2O2. The molecule has 2 amide bonds. The van der Waals surface area contributed by atoms with Crippen molar-refractivity contribution in [3.05, 3.63) is 66.0 Å². The van der Waals surface area contributed by atoms with Crippen molar-refractivity contribution < 1.29 is 14.0 Å². The zero-order valence-electron chi connectivity index (χ0n) is 14.0. The number of hydrogen-bond donors (Lipinski definition) is 1. The SMILES string of the molecule is O=C(NCCCc1ccccc1)[C@H]1CC(=O)N(c2ccccc2F)C1. The Hall–Kier alpha value is -2.69. The van der Waals surface area contributed by atoms with Crippen LogP contribution in [0.1, 0.15) is 18.4 Å². The summed E-state index contributed by atoms with van der Waals surface area (Å²) in [6.45, 7) is 0.794. The van der Waals surface area contributed by atoms with Gasteiger partial charge in [-0.25, -0.2) is 4.39 Å². The van der Waals surface area contributed by atoms with Crippen molar-refractivity contribution in [1.82, 2.24) is 5.32 Å². The second-order valence-corrected chi connectivity index (χ2v) is 6.24. The fourth-order valence-electron chi connectivity index (χ4n) is 3.08. The molecule has 1 saturated heterocycles. The molecule has 1 atom stereocenters. The Morgan fingerprint density at radius 3 is 2.60 bits per heavy atom. The quantitative estimate of drug-likeness (QED) is 0.822. The number of benzene rings is 2. The maximum atomic E-state index is 13.9. The first kappa shape index (κ1) is 17.1. The zero-order chi connectivity index (χ0) is 17.6. The van der Waals surface area contributed by atoms with Crippen LogP contribution >= 0.6 is 0 Å². The van der Waals surface area contributed by atoms with Gasteiger partial charge in [-0.3, -0.25) is 9.59 Å². The summed E-state index contributed by atoms with van der Waals surface area (Å²) in [5, 5.41) is 2.89. The predicted molar refractivity (Wildman–Crippen MR) is 94.6 cm³/mol. The summed E-state index contributed by atoms with van der Waals surface area (Å²) in [4.78, 5) is 25.8. The summed E-state index contributed by atoms with van der Waals surface area (Å²) in [6.07, 6.45) is 1.86. The van der Waals surface area contributed by atoms with Crippen LogP contribution in [0.5, 0.6) is 0 Å². The predicted octanol–water partition coefficient (Wildman–Crippen LogP) is 2.93. The molecule has 0 unspecified atom stereocenters. The van der Waals surface area contributed by atoms with Gasteiger partial charge in [0.25, 0.3) is 0 Å². The second kappa shape index (κ2) is 7.92. The summed E-state index contributed by atoms with van der Waals surface area (Å²) in [7, 11) is 0. The van der Waals surface area contributed by atoms with Crippen LogP contribution in [0.3, 0.4) is 0 Å². The zero-order valence-corrected chi connectivity index (χ0v) is 14.0. The van der Waals surface area contributed by atoms with Crippen LogP contribution in [0.25, 0.3) is 0 Å². The van der Waals surface area contributed by atoms with Crippen molar-refractivity contribution in [2.45, 2.75) is 19.3 Å². The molecule has 5 heteroatoms. The van der Waals surface area contributed by atoms with Gasteiger partial charge >= 0.3 is 0 Å². The van der Waals surface area contributed by atoms with Gasteiger partial charge in [0.15, 0.2) is 0 Å². The molecule has 2 aromatic carbocycles. The summed E-state index contributed by atoms with van der Waals surface area (Å²) >= 11 is 0. The van der Waals surface area contributed by atoms with Crippen molar-refractivity contribution in [2.24, 2.45) is 5.92 Å². The highest BCUT2D eigenvalue weighted by Crippen LogP contribution is 2.27. The normalized spacial score (nSPS) is 16.9. The molecule has 0 radical (unpaired) electrons. The van der Waals surface area contributed by atoms with Crippen LogP contribution < -0.4 is 10.2 Å². The third kappa shape index (κ3) is 4.24. The Balaban J connectivity index is 1.49. The number of amides is 2. The van der Waals surface area contributed by atoms with Crippen molar-refractivity contribution in [3.63, 3.8) is 0 Å². The third-order valence-corrected chi connectivity index (χ3v) is 4.42. The average molecular weight is 340 g/mol. The summed E-state index contributed by atoms with van der Waals surface area (Å²) in [6, 6.07) is 16.2. The van der Waals surface area contributed by atoms with Gasteiger partial charge < -0.3 is 10.2 Å². The lowest BCUT2D eigenvalue weighted by Crippen LogP contribution is -2.33. The maximum Gasteiger partial charge on any atom is 0.227 e. The van der Waals surface area contributed by atoms with Crippen molar-refractivity contribution in [2.75, 3.05) is 18.0 Å². The molecule has 1 aliphatic rings. The van der Waals surface area contributed by atoms with Crippen LogP contribution in [0.2, 0.25) is 0 Å². The number of nitrogens with one attached hydrogen (secondary N) is 1. The van der Waals surface area contributed by atoms with Crippen LogP contribution in [0.4, 0.5) is 10.1 Å². The van der Waals surface area contributed by atoms with E-state index in [1.807, 2.05) is 18.2 Å². The first-order chi connectivity index (χ1) is 12.1. The van der Waals surface area contributed by atoms with E-state index < -0.39 is 11.7 Å². The number of para-hydroxylation sites is 1. The molecule has 2 aromatic rings. The van der Waals surface area contributed by atoms with Gasteiger partial charge in [-0.2, -0.15) is 0 Å². The van der Waals surface area contributed by atoms with Crippen molar-refractivity contribution in [1.29, 1.82) is 0 Å². The Morgan fingerprint density at radius 1 is 1.12 bits per heavy atom. The Bertz CT molecular complexity index is 748. The van der Waals surface area contributed by atoms with Crippen LogP contribution in [-0.2, 0) is 16.0 Å². The average Bonchev–Trinajstić information content (AvgIpc) is 3.01. The van der Waals surface area contributed by atoms with Crippen LogP contribution in [0.15, 0.2) is 54.6 Å². The number of halogens is 1. The van der Waals surface area contributed by atoms with Gasteiger partial charge in [-0.1, -0.05) is 42.5 Å².